The van der Waals surface area contributed by atoms with Gasteiger partial charge in [-0.15, -0.1) is 0 Å². The fraction of sp³-hybridized carbons (Fsp3) is 0.550. The minimum atomic E-state index is -0.300. The highest BCUT2D eigenvalue weighted by atomic mass is 16.5. The number of nitrogens with zero attached hydrogens (tertiary/aromatic N) is 3. The number of benzene rings is 1. The third-order valence-electron chi connectivity index (χ3n) is 5.96. The van der Waals surface area contributed by atoms with E-state index in [4.69, 9.17) is 14.6 Å². The molecular weight excluding hydrogens is 346 g/mol. The lowest BCUT2D eigenvalue weighted by molar-refractivity contribution is -0.0992. The van der Waals surface area contributed by atoms with Gasteiger partial charge in [-0.2, -0.15) is 0 Å². The molecule has 1 saturated heterocycles. The third kappa shape index (κ3) is 3.31. The van der Waals surface area contributed by atoms with Gasteiger partial charge in [0.25, 0.3) is 5.91 Å². The van der Waals surface area contributed by atoms with Gasteiger partial charge in [-0.05, 0) is 43.9 Å². The van der Waals surface area contributed by atoms with Gasteiger partial charge in [0, 0.05) is 31.6 Å². The fourth-order valence-corrected chi connectivity index (χ4v) is 4.54. The predicted octanol–water partition coefficient (Wildman–Crippen LogP) is 1.79. The number of amides is 1. The van der Waals surface area contributed by atoms with E-state index in [0.29, 0.717) is 24.2 Å². The first kappa shape index (κ1) is 18.3. The zero-order valence-corrected chi connectivity index (χ0v) is 15.5. The normalized spacial score (nSPS) is 27.7. The summed E-state index contributed by atoms with van der Waals surface area (Å²) in [5, 5.41) is 9.03. The summed E-state index contributed by atoms with van der Waals surface area (Å²) in [5.74, 6) is -0.00529. The van der Waals surface area contributed by atoms with E-state index in [0.717, 1.165) is 31.2 Å². The van der Waals surface area contributed by atoms with E-state index in [1.807, 2.05) is 17.0 Å². The van der Waals surface area contributed by atoms with Gasteiger partial charge >= 0.3 is 0 Å². The lowest BCUT2D eigenvalue weighted by Gasteiger charge is -2.43. The van der Waals surface area contributed by atoms with Gasteiger partial charge in [-0.3, -0.25) is 14.8 Å². The highest BCUT2D eigenvalue weighted by Crippen LogP contribution is 2.43. The number of aliphatic hydroxyl groups is 1. The van der Waals surface area contributed by atoms with Crippen LogP contribution < -0.4 is 0 Å². The van der Waals surface area contributed by atoms with Gasteiger partial charge < -0.3 is 19.5 Å². The fourth-order valence-electron chi connectivity index (χ4n) is 4.54. The Morgan fingerprint density at radius 2 is 2.11 bits per heavy atom. The van der Waals surface area contributed by atoms with Crippen LogP contribution in [0.25, 0.3) is 11.0 Å². The molecule has 7 nitrogen and oxygen atoms in total. The average molecular weight is 371 g/mol. The average Bonchev–Trinajstić information content (AvgIpc) is 3.10. The number of aliphatic hydroxyl groups excluding tert-OH is 1. The maximum atomic E-state index is 13.3. The highest BCUT2D eigenvalue weighted by molar-refractivity contribution is 5.97. The first-order chi connectivity index (χ1) is 13.2. The summed E-state index contributed by atoms with van der Waals surface area (Å²) in [7, 11) is 1.74. The minimum Gasteiger partial charge on any atom is -0.394 e. The number of hydrogen-bond acceptors (Lipinski definition) is 6. The molecule has 0 unspecified atom stereocenters. The van der Waals surface area contributed by atoms with Crippen molar-refractivity contribution < 1.29 is 19.4 Å². The van der Waals surface area contributed by atoms with Crippen molar-refractivity contribution in [2.45, 2.75) is 43.4 Å². The van der Waals surface area contributed by atoms with Crippen LogP contribution in [-0.4, -0.2) is 70.5 Å². The summed E-state index contributed by atoms with van der Waals surface area (Å²) in [4.78, 5) is 23.8. The Labute approximate surface area is 158 Å². The summed E-state index contributed by atoms with van der Waals surface area (Å²) in [5.41, 5.74) is 1.81. The van der Waals surface area contributed by atoms with E-state index in [2.05, 4.69) is 9.97 Å². The topological polar surface area (TPSA) is 84.8 Å². The number of ether oxygens (including phenoxy) is 2. The van der Waals surface area contributed by atoms with Crippen molar-refractivity contribution in [3.8, 4) is 0 Å². The Balaban J connectivity index is 1.58. The van der Waals surface area contributed by atoms with Gasteiger partial charge in [0.2, 0.25) is 0 Å². The van der Waals surface area contributed by atoms with Crippen LogP contribution in [0, 0.1) is 0 Å². The summed E-state index contributed by atoms with van der Waals surface area (Å²) in [6.45, 7) is 1.01. The number of carbonyl (C=O) groups is 1. The molecule has 2 aromatic rings. The molecule has 1 saturated carbocycles. The monoisotopic (exact) mass is 371 g/mol. The Morgan fingerprint density at radius 1 is 1.30 bits per heavy atom. The molecule has 2 fully saturated rings. The zero-order chi connectivity index (χ0) is 18.9. The molecule has 1 amide bonds. The van der Waals surface area contributed by atoms with Gasteiger partial charge in [0.15, 0.2) is 0 Å². The molecule has 27 heavy (non-hydrogen) atoms. The van der Waals surface area contributed by atoms with Crippen LogP contribution in [0.15, 0.2) is 30.6 Å². The van der Waals surface area contributed by atoms with E-state index in [9.17, 15) is 4.79 Å². The molecule has 0 bridgehead atoms. The quantitative estimate of drug-likeness (QED) is 0.863. The van der Waals surface area contributed by atoms with Crippen LogP contribution in [0.2, 0.25) is 0 Å². The molecule has 2 aliphatic rings. The molecule has 0 spiro atoms. The van der Waals surface area contributed by atoms with E-state index < -0.39 is 0 Å². The number of fused-ring (bicyclic) bond motifs is 2. The van der Waals surface area contributed by atoms with Crippen molar-refractivity contribution >= 4 is 16.9 Å². The van der Waals surface area contributed by atoms with Gasteiger partial charge in [-0.25, -0.2) is 0 Å². The van der Waals surface area contributed by atoms with Crippen LogP contribution in [0.5, 0.6) is 0 Å². The summed E-state index contributed by atoms with van der Waals surface area (Å²) in [6.07, 6.45) is 6.63. The van der Waals surface area contributed by atoms with E-state index >= 15 is 0 Å². The summed E-state index contributed by atoms with van der Waals surface area (Å²) in [6, 6.07) is 5.43. The Morgan fingerprint density at radius 3 is 2.89 bits per heavy atom. The van der Waals surface area contributed by atoms with Crippen LogP contribution in [-0.2, 0) is 9.47 Å². The Kier molecular flexibility index (Phi) is 5.08. The maximum absolute atomic E-state index is 13.3. The van der Waals surface area contributed by atoms with Crippen molar-refractivity contribution in [2.24, 2.45) is 0 Å². The number of aromatic nitrogens is 2. The molecule has 1 N–H and O–H groups in total. The van der Waals surface area contributed by atoms with Crippen molar-refractivity contribution in [2.75, 3.05) is 26.9 Å². The molecule has 1 aliphatic heterocycles. The second-order valence-corrected chi connectivity index (χ2v) is 7.28. The van der Waals surface area contributed by atoms with Crippen molar-refractivity contribution in [1.82, 2.24) is 14.9 Å². The zero-order valence-electron chi connectivity index (χ0n) is 15.5. The molecule has 0 radical (unpaired) electrons. The largest absolute Gasteiger partial charge is 0.394 e. The molecular formula is C20H25N3O4. The number of carbonyl (C=O) groups excluding carboxylic acids is 1. The third-order valence-corrected chi connectivity index (χ3v) is 5.96. The number of hydrogen-bond donors (Lipinski definition) is 1. The van der Waals surface area contributed by atoms with E-state index in [-0.39, 0.29) is 30.3 Å². The van der Waals surface area contributed by atoms with Crippen LogP contribution >= 0.6 is 0 Å². The molecule has 144 valence electrons. The van der Waals surface area contributed by atoms with E-state index in [1.165, 1.54) is 0 Å². The van der Waals surface area contributed by atoms with E-state index in [1.54, 1.807) is 25.6 Å². The van der Waals surface area contributed by atoms with Crippen molar-refractivity contribution in [3.05, 3.63) is 36.2 Å². The van der Waals surface area contributed by atoms with Gasteiger partial charge in [0.05, 0.1) is 42.0 Å². The van der Waals surface area contributed by atoms with Crippen molar-refractivity contribution in [1.29, 1.82) is 0 Å². The second-order valence-electron chi connectivity index (χ2n) is 7.28. The molecule has 2 heterocycles. The molecule has 1 aromatic carbocycles. The van der Waals surface area contributed by atoms with Gasteiger partial charge in [0.1, 0.15) is 0 Å². The first-order valence-corrected chi connectivity index (χ1v) is 9.46. The number of methoxy groups -OCH3 is 1. The Bertz CT molecular complexity index is 830. The van der Waals surface area contributed by atoms with Crippen LogP contribution in [0.4, 0.5) is 0 Å². The summed E-state index contributed by atoms with van der Waals surface area (Å²) >= 11 is 0. The SMILES string of the molecule is CO[C@@]12CC[C@H](OCCO)C[C@@H]1N(C(=O)c1ccc3nccnc3c1)CC2. The van der Waals surface area contributed by atoms with Gasteiger partial charge in [-0.1, -0.05) is 0 Å². The van der Waals surface area contributed by atoms with Crippen LogP contribution in [0.3, 0.4) is 0 Å². The highest BCUT2D eigenvalue weighted by Gasteiger charge is 2.52. The molecule has 3 atom stereocenters. The van der Waals surface area contributed by atoms with Crippen LogP contribution in [0.1, 0.15) is 36.0 Å². The second kappa shape index (κ2) is 7.50. The molecule has 4 rings (SSSR count). The number of rotatable bonds is 5. The first-order valence-electron chi connectivity index (χ1n) is 9.46. The lowest BCUT2D eigenvalue weighted by Crippen LogP contribution is -2.53. The number of likely N-dealkylation sites (tertiary alicyclic amines) is 1. The maximum Gasteiger partial charge on any atom is 0.254 e. The summed E-state index contributed by atoms with van der Waals surface area (Å²) < 4.78 is 11.7. The Hall–Kier alpha value is -2.09. The molecule has 7 heteroatoms. The molecule has 1 aliphatic carbocycles. The molecule has 1 aromatic heterocycles. The van der Waals surface area contributed by atoms with Crippen molar-refractivity contribution in [3.63, 3.8) is 0 Å². The predicted molar refractivity (Wildman–Crippen MR) is 99.4 cm³/mol. The minimum absolute atomic E-state index is 0.00529. The smallest absolute Gasteiger partial charge is 0.254 e. The standard InChI is InChI=1S/C20H25N3O4/c1-26-20-5-4-15(27-11-10-24)13-18(20)23(9-6-20)19(25)14-2-3-16-17(12-14)22-8-7-21-16/h2-3,7-8,12,15,18,24H,4-6,9-11,13H2,1H3/t15-,18-,20+/m0/s1. The lowest BCUT2D eigenvalue weighted by atomic mass is 9.79.